The summed E-state index contributed by atoms with van der Waals surface area (Å²) in [6.07, 6.45) is -8.31. The molecule has 2 nitrogen and oxygen atoms in total. The molecule has 0 atom stereocenters. The first-order valence-electron chi connectivity index (χ1n) is 3.54. The standard InChI is InChI=1S/C7H4F6N2/c8-4(9)2-1-3(7(11,12)13)6(14)15-5(2)10/h1,4H,(H2,14,15). The van der Waals surface area contributed by atoms with Crippen LogP contribution in [0.25, 0.3) is 0 Å². The first-order chi connectivity index (χ1) is 6.73. The van der Waals surface area contributed by atoms with Crippen molar-refractivity contribution in [1.82, 2.24) is 4.98 Å². The Kier molecular flexibility index (Phi) is 2.78. The molecular formula is C7H4F6N2. The lowest BCUT2D eigenvalue weighted by molar-refractivity contribution is -0.137. The lowest BCUT2D eigenvalue weighted by Gasteiger charge is -2.11. The molecule has 0 spiro atoms. The van der Waals surface area contributed by atoms with Gasteiger partial charge >= 0.3 is 6.18 Å². The molecule has 0 radical (unpaired) electrons. The van der Waals surface area contributed by atoms with E-state index in [1.807, 2.05) is 0 Å². The summed E-state index contributed by atoms with van der Waals surface area (Å²) in [5, 5.41) is 0. The number of anilines is 1. The number of rotatable bonds is 1. The molecule has 15 heavy (non-hydrogen) atoms. The lowest BCUT2D eigenvalue weighted by atomic mass is 10.2. The SMILES string of the molecule is Nc1nc(F)c(C(F)F)cc1C(F)(F)F. The van der Waals surface area contributed by atoms with Gasteiger partial charge in [-0.15, -0.1) is 0 Å². The zero-order chi connectivity index (χ0) is 11.8. The van der Waals surface area contributed by atoms with E-state index in [0.29, 0.717) is 0 Å². The molecule has 0 aliphatic carbocycles. The van der Waals surface area contributed by atoms with Gasteiger partial charge in [-0.05, 0) is 6.07 Å². The third kappa shape index (κ3) is 2.31. The van der Waals surface area contributed by atoms with Crippen LogP contribution in [0.2, 0.25) is 0 Å². The van der Waals surface area contributed by atoms with Crippen molar-refractivity contribution >= 4 is 5.82 Å². The van der Waals surface area contributed by atoms with E-state index in [-0.39, 0.29) is 6.07 Å². The number of nitrogens with zero attached hydrogens (tertiary/aromatic N) is 1. The smallest absolute Gasteiger partial charge is 0.383 e. The van der Waals surface area contributed by atoms with Crippen LogP contribution in [0, 0.1) is 5.95 Å². The summed E-state index contributed by atoms with van der Waals surface area (Å²) in [5.74, 6) is -2.86. The topological polar surface area (TPSA) is 38.9 Å². The first kappa shape index (κ1) is 11.6. The lowest BCUT2D eigenvalue weighted by Crippen LogP contribution is -2.13. The number of hydrogen-bond donors (Lipinski definition) is 1. The van der Waals surface area contributed by atoms with Crippen molar-refractivity contribution in [2.45, 2.75) is 12.6 Å². The highest BCUT2D eigenvalue weighted by Gasteiger charge is 2.35. The molecule has 0 aliphatic rings. The highest BCUT2D eigenvalue weighted by Crippen LogP contribution is 2.35. The van der Waals surface area contributed by atoms with Gasteiger partial charge in [0, 0.05) is 0 Å². The second-order valence-electron chi connectivity index (χ2n) is 2.60. The van der Waals surface area contributed by atoms with Gasteiger partial charge in [-0.25, -0.2) is 13.8 Å². The van der Waals surface area contributed by atoms with E-state index in [0.717, 1.165) is 0 Å². The van der Waals surface area contributed by atoms with E-state index in [9.17, 15) is 26.3 Å². The Balaban J connectivity index is 3.37. The molecule has 0 fully saturated rings. The normalized spacial score (nSPS) is 12.2. The fraction of sp³-hybridized carbons (Fsp3) is 0.286. The van der Waals surface area contributed by atoms with Crippen LogP contribution >= 0.6 is 0 Å². The molecule has 1 aromatic heterocycles. The van der Waals surface area contributed by atoms with Crippen molar-refractivity contribution in [2.24, 2.45) is 0 Å². The number of halogens is 6. The van der Waals surface area contributed by atoms with Crippen molar-refractivity contribution in [3.63, 3.8) is 0 Å². The van der Waals surface area contributed by atoms with Gasteiger partial charge in [-0.2, -0.15) is 17.6 Å². The van der Waals surface area contributed by atoms with Crippen LogP contribution in [0.15, 0.2) is 6.07 Å². The monoisotopic (exact) mass is 230 g/mol. The number of nitrogens with two attached hydrogens (primary N) is 1. The molecule has 0 saturated heterocycles. The van der Waals surface area contributed by atoms with Gasteiger partial charge in [-0.1, -0.05) is 0 Å². The average molecular weight is 230 g/mol. The van der Waals surface area contributed by atoms with E-state index in [1.165, 1.54) is 0 Å². The van der Waals surface area contributed by atoms with Crippen LogP contribution in [0.1, 0.15) is 17.6 Å². The molecule has 0 unspecified atom stereocenters. The highest BCUT2D eigenvalue weighted by molar-refractivity contribution is 5.43. The Morgan fingerprint density at radius 2 is 1.80 bits per heavy atom. The Hall–Kier alpha value is -1.47. The van der Waals surface area contributed by atoms with Crippen LogP contribution in [0.5, 0.6) is 0 Å². The minimum absolute atomic E-state index is 0.0394. The number of aromatic nitrogens is 1. The van der Waals surface area contributed by atoms with Crippen molar-refractivity contribution in [1.29, 1.82) is 0 Å². The minimum Gasteiger partial charge on any atom is -0.383 e. The Bertz CT molecular complexity index is 372. The molecule has 8 heteroatoms. The summed E-state index contributed by atoms with van der Waals surface area (Å²) >= 11 is 0. The van der Waals surface area contributed by atoms with Gasteiger partial charge in [0.25, 0.3) is 6.43 Å². The molecule has 0 aliphatic heterocycles. The average Bonchev–Trinajstić information content (AvgIpc) is 2.00. The maximum absolute atomic E-state index is 12.6. The van der Waals surface area contributed by atoms with Gasteiger partial charge in [0.05, 0.1) is 11.1 Å². The van der Waals surface area contributed by atoms with Gasteiger partial charge < -0.3 is 5.73 Å². The number of pyridine rings is 1. The van der Waals surface area contributed by atoms with E-state index < -0.39 is 35.5 Å². The first-order valence-corrected chi connectivity index (χ1v) is 3.54. The predicted octanol–water partition coefficient (Wildman–Crippen LogP) is 2.76. The zero-order valence-corrected chi connectivity index (χ0v) is 6.95. The van der Waals surface area contributed by atoms with Gasteiger partial charge in [0.15, 0.2) is 0 Å². The fourth-order valence-corrected chi connectivity index (χ4v) is 0.900. The van der Waals surface area contributed by atoms with E-state index >= 15 is 0 Å². The molecule has 1 aromatic rings. The maximum atomic E-state index is 12.6. The third-order valence-electron chi connectivity index (χ3n) is 1.57. The molecule has 0 amide bonds. The molecule has 2 N–H and O–H groups in total. The van der Waals surface area contributed by atoms with Crippen LogP contribution in [0.3, 0.4) is 0 Å². The van der Waals surface area contributed by atoms with Crippen LogP contribution in [-0.4, -0.2) is 4.98 Å². The largest absolute Gasteiger partial charge is 0.419 e. The molecule has 0 saturated carbocycles. The van der Waals surface area contributed by atoms with Crippen molar-refractivity contribution in [2.75, 3.05) is 5.73 Å². The van der Waals surface area contributed by atoms with Gasteiger partial charge in [-0.3, -0.25) is 0 Å². The molecule has 1 rings (SSSR count). The number of nitrogen functional groups attached to an aromatic ring is 1. The quantitative estimate of drug-likeness (QED) is 0.595. The van der Waals surface area contributed by atoms with E-state index in [2.05, 4.69) is 4.98 Å². The number of hydrogen-bond acceptors (Lipinski definition) is 2. The molecule has 0 bridgehead atoms. The van der Waals surface area contributed by atoms with Crippen molar-refractivity contribution in [3.05, 3.63) is 23.1 Å². The fourth-order valence-electron chi connectivity index (χ4n) is 0.900. The predicted molar refractivity (Wildman–Crippen MR) is 38.6 cm³/mol. The molecule has 84 valence electrons. The van der Waals surface area contributed by atoms with Gasteiger partial charge in [0.1, 0.15) is 5.82 Å². The van der Waals surface area contributed by atoms with Crippen molar-refractivity contribution < 1.29 is 26.3 Å². The van der Waals surface area contributed by atoms with E-state index in [4.69, 9.17) is 5.73 Å². The minimum atomic E-state index is -4.94. The summed E-state index contributed by atoms with van der Waals surface area (Å²) in [6, 6.07) is -0.0394. The van der Waals surface area contributed by atoms with Crippen LogP contribution < -0.4 is 5.73 Å². The maximum Gasteiger partial charge on any atom is 0.419 e. The third-order valence-corrected chi connectivity index (χ3v) is 1.57. The zero-order valence-electron chi connectivity index (χ0n) is 6.95. The molecule has 1 heterocycles. The summed E-state index contributed by atoms with van der Waals surface area (Å²) in [7, 11) is 0. The van der Waals surface area contributed by atoms with Crippen LogP contribution in [-0.2, 0) is 6.18 Å². The van der Waals surface area contributed by atoms with Crippen LogP contribution in [0.4, 0.5) is 32.2 Å². The van der Waals surface area contributed by atoms with Crippen molar-refractivity contribution in [3.8, 4) is 0 Å². The summed E-state index contributed by atoms with van der Waals surface area (Å²) in [5.41, 5.74) is 1.77. The summed E-state index contributed by atoms with van der Waals surface area (Å²) in [4.78, 5) is 2.57. The highest BCUT2D eigenvalue weighted by atomic mass is 19.4. The second-order valence-corrected chi connectivity index (χ2v) is 2.60. The Labute approximate surface area is 79.7 Å². The van der Waals surface area contributed by atoms with E-state index in [1.54, 1.807) is 0 Å². The Morgan fingerprint density at radius 3 is 2.20 bits per heavy atom. The summed E-state index contributed by atoms with van der Waals surface area (Å²) < 4.78 is 73.1. The molecule has 0 aromatic carbocycles. The number of alkyl halides is 5. The Morgan fingerprint density at radius 1 is 1.27 bits per heavy atom. The summed E-state index contributed by atoms with van der Waals surface area (Å²) in [6.45, 7) is 0. The second kappa shape index (κ2) is 3.59. The molecular weight excluding hydrogens is 226 g/mol. The van der Waals surface area contributed by atoms with Gasteiger partial charge in [0.2, 0.25) is 5.95 Å².